The number of hydrogen-bond donors (Lipinski definition) is 1. The molecule has 4 nitrogen and oxygen atoms in total. The van der Waals surface area contributed by atoms with Gasteiger partial charge >= 0.3 is 0 Å². The summed E-state index contributed by atoms with van der Waals surface area (Å²) < 4.78 is 5.32. The topological polar surface area (TPSA) is 50.7 Å². The van der Waals surface area contributed by atoms with Gasteiger partial charge in [-0.05, 0) is 30.2 Å². The number of amides is 1. The van der Waals surface area contributed by atoms with Crippen LogP contribution in [0.2, 0.25) is 0 Å². The van der Waals surface area contributed by atoms with Crippen LogP contribution in [0.25, 0.3) is 6.08 Å². The van der Waals surface area contributed by atoms with Gasteiger partial charge in [-0.25, -0.2) is 4.99 Å². The molecule has 0 aliphatic carbocycles. The second kappa shape index (κ2) is 5.69. The van der Waals surface area contributed by atoms with Crippen LogP contribution < -0.4 is 10.1 Å². The van der Waals surface area contributed by atoms with Crippen LogP contribution in [0.15, 0.2) is 28.9 Å². The van der Waals surface area contributed by atoms with Crippen LogP contribution >= 0.6 is 0 Å². The number of nitrogens with one attached hydrogen (secondary N) is 1. The van der Waals surface area contributed by atoms with Gasteiger partial charge in [-0.15, -0.1) is 0 Å². The van der Waals surface area contributed by atoms with Gasteiger partial charge in [0.1, 0.15) is 17.3 Å². The van der Waals surface area contributed by atoms with E-state index in [0.29, 0.717) is 11.5 Å². The first-order valence-electron chi connectivity index (χ1n) is 6.45. The van der Waals surface area contributed by atoms with Gasteiger partial charge in [0.2, 0.25) is 0 Å². The molecule has 0 aromatic heterocycles. The lowest BCUT2D eigenvalue weighted by molar-refractivity contribution is -0.115. The molecule has 0 spiro atoms. The lowest BCUT2D eigenvalue weighted by atomic mass is 10.1. The van der Waals surface area contributed by atoms with Crippen molar-refractivity contribution in [2.75, 3.05) is 7.11 Å². The molecular formula is C15H18N2O2. The van der Waals surface area contributed by atoms with Crippen molar-refractivity contribution in [2.45, 2.75) is 26.7 Å². The lowest BCUT2D eigenvalue weighted by Gasteiger charge is -2.07. The van der Waals surface area contributed by atoms with Crippen LogP contribution in [0.1, 0.15) is 31.4 Å². The van der Waals surface area contributed by atoms with Crippen LogP contribution in [-0.4, -0.2) is 18.9 Å². The van der Waals surface area contributed by atoms with Crippen LogP contribution in [0.5, 0.6) is 5.75 Å². The summed E-state index contributed by atoms with van der Waals surface area (Å²) in [6.07, 6.45) is 3.43. The quantitative estimate of drug-likeness (QED) is 0.844. The summed E-state index contributed by atoms with van der Waals surface area (Å²) >= 11 is 0. The highest BCUT2D eigenvalue weighted by Gasteiger charge is 2.19. The number of aliphatic imine (C=N–C) groups is 1. The summed E-state index contributed by atoms with van der Waals surface area (Å²) in [6, 6.07) is 5.97. The van der Waals surface area contributed by atoms with E-state index in [-0.39, 0.29) is 5.91 Å². The van der Waals surface area contributed by atoms with Gasteiger partial charge in [-0.1, -0.05) is 19.9 Å². The maximum absolute atomic E-state index is 11.8. The predicted molar refractivity (Wildman–Crippen MR) is 76.2 cm³/mol. The first-order chi connectivity index (χ1) is 9.17. The molecule has 4 heteroatoms. The molecule has 1 aliphatic heterocycles. The molecule has 1 aromatic carbocycles. The number of methoxy groups -OCH3 is 1. The highest BCUT2D eigenvalue weighted by Crippen LogP contribution is 2.24. The molecule has 1 aliphatic rings. The third-order valence-corrected chi connectivity index (χ3v) is 3.08. The van der Waals surface area contributed by atoms with Crippen molar-refractivity contribution >= 4 is 17.8 Å². The maximum Gasteiger partial charge on any atom is 0.275 e. The van der Waals surface area contributed by atoms with Crippen LogP contribution in [0, 0.1) is 0 Å². The minimum atomic E-state index is -0.152. The van der Waals surface area contributed by atoms with Crippen molar-refractivity contribution in [3.63, 3.8) is 0 Å². The molecule has 0 saturated heterocycles. The van der Waals surface area contributed by atoms with E-state index in [1.807, 2.05) is 25.1 Å². The molecule has 1 aromatic rings. The van der Waals surface area contributed by atoms with Gasteiger partial charge < -0.3 is 10.1 Å². The minimum absolute atomic E-state index is 0.152. The number of hydrogen-bond acceptors (Lipinski definition) is 3. The highest BCUT2D eigenvalue weighted by atomic mass is 16.5. The monoisotopic (exact) mass is 258 g/mol. The first kappa shape index (κ1) is 13.3. The van der Waals surface area contributed by atoms with Gasteiger partial charge in [-0.2, -0.15) is 0 Å². The fourth-order valence-corrected chi connectivity index (χ4v) is 1.95. The molecule has 0 radical (unpaired) electrons. The van der Waals surface area contributed by atoms with Gasteiger partial charge in [0, 0.05) is 12.0 Å². The molecule has 0 fully saturated rings. The Bertz CT molecular complexity index is 559. The Labute approximate surface area is 113 Å². The standard InChI is InChI=1S/C15H18N2O2/c1-4-10-6-7-13(19-3)11(8-10)9-12-15(18)17-14(5-2)16-12/h6-9H,4-5H2,1-3H3,(H,16,17,18)/b12-9+. The first-order valence-corrected chi connectivity index (χ1v) is 6.45. The number of ether oxygens (including phenoxy) is 1. The van der Waals surface area contributed by atoms with Crippen LogP contribution in [0.3, 0.4) is 0 Å². The Hall–Kier alpha value is -2.10. The minimum Gasteiger partial charge on any atom is -0.496 e. The number of carbonyl (C=O) groups is 1. The van der Waals surface area contributed by atoms with E-state index in [1.165, 1.54) is 5.56 Å². The largest absolute Gasteiger partial charge is 0.496 e. The highest BCUT2D eigenvalue weighted by molar-refractivity contribution is 6.14. The number of rotatable bonds is 4. The van der Waals surface area contributed by atoms with Crippen molar-refractivity contribution < 1.29 is 9.53 Å². The van der Waals surface area contributed by atoms with E-state index in [9.17, 15) is 4.79 Å². The molecule has 19 heavy (non-hydrogen) atoms. The summed E-state index contributed by atoms with van der Waals surface area (Å²) in [7, 11) is 1.62. The lowest BCUT2D eigenvalue weighted by Crippen LogP contribution is -2.23. The Morgan fingerprint density at radius 3 is 2.68 bits per heavy atom. The third-order valence-electron chi connectivity index (χ3n) is 3.08. The number of carbonyl (C=O) groups excluding carboxylic acids is 1. The molecule has 0 saturated carbocycles. The predicted octanol–water partition coefficient (Wildman–Crippen LogP) is 2.54. The van der Waals surface area contributed by atoms with Gasteiger partial charge in [0.15, 0.2) is 0 Å². The Morgan fingerprint density at radius 2 is 2.11 bits per heavy atom. The van der Waals surface area contributed by atoms with Crippen molar-refractivity contribution in [1.29, 1.82) is 0 Å². The molecular weight excluding hydrogens is 240 g/mol. The zero-order valence-electron chi connectivity index (χ0n) is 11.5. The molecule has 0 atom stereocenters. The summed E-state index contributed by atoms with van der Waals surface area (Å²) in [5.41, 5.74) is 2.52. The van der Waals surface area contributed by atoms with E-state index in [2.05, 4.69) is 17.2 Å². The Kier molecular flexibility index (Phi) is 4.00. The molecule has 0 bridgehead atoms. The van der Waals surface area contributed by atoms with Crippen molar-refractivity contribution in [1.82, 2.24) is 5.32 Å². The molecule has 1 N–H and O–H groups in total. The van der Waals surface area contributed by atoms with Crippen LogP contribution in [0.4, 0.5) is 0 Å². The Balaban J connectivity index is 2.41. The van der Waals surface area contributed by atoms with E-state index in [1.54, 1.807) is 13.2 Å². The van der Waals surface area contributed by atoms with Crippen molar-refractivity contribution in [2.24, 2.45) is 4.99 Å². The van der Waals surface area contributed by atoms with E-state index in [0.717, 1.165) is 24.2 Å². The molecule has 1 heterocycles. The second-order valence-electron chi connectivity index (χ2n) is 4.33. The summed E-state index contributed by atoms with van der Waals surface area (Å²) in [6.45, 7) is 4.05. The fraction of sp³-hybridized carbons (Fsp3) is 0.333. The molecule has 0 unspecified atom stereocenters. The van der Waals surface area contributed by atoms with Gasteiger partial charge in [-0.3, -0.25) is 4.79 Å². The summed E-state index contributed by atoms with van der Waals surface area (Å²) in [4.78, 5) is 16.0. The van der Waals surface area contributed by atoms with Crippen molar-refractivity contribution in [3.05, 3.63) is 35.0 Å². The normalized spacial score (nSPS) is 16.5. The average molecular weight is 258 g/mol. The van der Waals surface area contributed by atoms with Gasteiger partial charge in [0.05, 0.1) is 7.11 Å². The van der Waals surface area contributed by atoms with E-state index >= 15 is 0 Å². The Morgan fingerprint density at radius 1 is 1.32 bits per heavy atom. The van der Waals surface area contributed by atoms with Crippen molar-refractivity contribution in [3.8, 4) is 5.75 Å². The summed E-state index contributed by atoms with van der Waals surface area (Å²) in [5.74, 6) is 1.31. The number of nitrogens with zero attached hydrogens (tertiary/aromatic N) is 1. The number of aryl methyl sites for hydroxylation is 1. The molecule has 2 rings (SSSR count). The zero-order chi connectivity index (χ0) is 13.8. The SMILES string of the molecule is CCC1=N/C(=C/c2cc(CC)ccc2OC)C(=O)N1. The van der Waals surface area contributed by atoms with Gasteiger partial charge in [0.25, 0.3) is 5.91 Å². The van der Waals surface area contributed by atoms with E-state index < -0.39 is 0 Å². The smallest absolute Gasteiger partial charge is 0.275 e. The number of amidine groups is 1. The summed E-state index contributed by atoms with van der Waals surface area (Å²) in [5, 5.41) is 2.74. The van der Waals surface area contributed by atoms with Crippen LogP contribution in [-0.2, 0) is 11.2 Å². The third kappa shape index (κ3) is 2.84. The maximum atomic E-state index is 11.8. The second-order valence-corrected chi connectivity index (χ2v) is 4.33. The molecule has 1 amide bonds. The number of benzene rings is 1. The molecule has 100 valence electrons. The zero-order valence-corrected chi connectivity index (χ0v) is 11.5. The van der Waals surface area contributed by atoms with E-state index in [4.69, 9.17) is 4.74 Å². The fourth-order valence-electron chi connectivity index (χ4n) is 1.95. The average Bonchev–Trinajstić information content (AvgIpc) is 2.79.